The van der Waals surface area contributed by atoms with Crippen molar-refractivity contribution in [1.82, 2.24) is 0 Å². The molecule has 0 unspecified atom stereocenters. The molecule has 2 aliphatic heterocycles. The molecule has 2 heteroatoms. The van der Waals surface area contributed by atoms with E-state index in [1.54, 1.807) is 0 Å². The Hall–Kier alpha value is -2.48. The van der Waals surface area contributed by atoms with E-state index in [0.717, 1.165) is 41.9 Å². The number of hydrogen-bond acceptors (Lipinski definition) is 2. The molecule has 1 aliphatic carbocycles. The fourth-order valence-electron chi connectivity index (χ4n) is 3.69. The summed E-state index contributed by atoms with van der Waals surface area (Å²) in [4.78, 5) is 0. The standard InChI is InChI=1S/C20H16O2/c1-3-10-18-14(6-1)12-16-8-5-9-17-13-15-7-2-4-11-19(15)22-20(16,17)21-18/h1-4,6-7,10-13H,5,8-9H2. The lowest BCUT2D eigenvalue weighted by atomic mass is 9.79. The zero-order chi connectivity index (χ0) is 14.6. The minimum atomic E-state index is -0.721. The summed E-state index contributed by atoms with van der Waals surface area (Å²) in [5.74, 6) is 1.08. The first-order valence-electron chi connectivity index (χ1n) is 7.83. The summed E-state index contributed by atoms with van der Waals surface area (Å²) in [5.41, 5.74) is 4.76. The minimum absolute atomic E-state index is 0.721. The number of para-hydroxylation sites is 2. The van der Waals surface area contributed by atoms with Gasteiger partial charge in [0.25, 0.3) is 5.79 Å². The van der Waals surface area contributed by atoms with Crippen LogP contribution in [0.15, 0.2) is 59.7 Å². The summed E-state index contributed by atoms with van der Waals surface area (Å²) in [6, 6.07) is 16.4. The monoisotopic (exact) mass is 288 g/mol. The summed E-state index contributed by atoms with van der Waals surface area (Å²) in [6.07, 6.45) is 7.69. The van der Waals surface area contributed by atoms with E-state index in [0.29, 0.717) is 0 Å². The molecule has 1 fully saturated rings. The van der Waals surface area contributed by atoms with Crippen molar-refractivity contribution in [2.75, 3.05) is 0 Å². The Kier molecular flexibility index (Phi) is 2.34. The molecule has 0 bridgehead atoms. The first kappa shape index (κ1) is 12.1. The van der Waals surface area contributed by atoms with Gasteiger partial charge >= 0.3 is 0 Å². The van der Waals surface area contributed by atoms with Gasteiger partial charge in [0.1, 0.15) is 11.5 Å². The molecule has 108 valence electrons. The predicted molar refractivity (Wildman–Crippen MR) is 86.7 cm³/mol. The van der Waals surface area contributed by atoms with Crippen LogP contribution in [0, 0.1) is 0 Å². The Labute approximate surface area is 129 Å². The average molecular weight is 288 g/mol. The van der Waals surface area contributed by atoms with Crippen LogP contribution in [0.4, 0.5) is 0 Å². The van der Waals surface area contributed by atoms with Crippen molar-refractivity contribution in [1.29, 1.82) is 0 Å². The molecule has 0 saturated heterocycles. The summed E-state index contributed by atoms with van der Waals surface area (Å²) in [5, 5.41) is 0. The van der Waals surface area contributed by atoms with Crippen molar-refractivity contribution in [3.63, 3.8) is 0 Å². The van der Waals surface area contributed by atoms with E-state index in [-0.39, 0.29) is 0 Å². The Morgan fingerprint density at radius 1 is 0.682 bits per heavy atom. The van der Waals surface area contributed by atoms with Gasteiger partial charge in [-0.05, 0) is 43.5 Å². The van der Waals surface area contributed by atoms with E-state index in [4.69, 9.17) is 9.47 Å². The molecule has 0 N–H and O–H groups in total. The van der Waals surface area contributed by atoms with Crippen molar-refractivity contribution in [3.05, 3.63) is 70.8 Å². The minimum Gasteiger partial charge on any atom is -0.444 e. The van der Waals surface area contributed by atoms with E-state index in [1.807, 2.05) is 36.4 Å². The van der Waals surface area contributed by atoms with Crippen molar-refractivity contribution >= 4 is 12.2 Å². The van der Waals surface area contributed by atoms with Crippen LogP contribution in [0.3, 0.4) is 0 Å². The second kappa shape index (κ2) is 4.26. The third-order valence-corrected chi connectivity index (χ3v) is 4.74. The molecular weight excluding hydrogens is 272 g/mol. The average Bonchev–Trinajstić information content (AvgIpc) is 2.56. The quantitative estimate of drug-likeness (QED) is 0.692. The molecule has 0 atom stereocenters. The van der Waals surface area contributed by atoms with Crippen LogP contribution in [0.2, 0.25) is 0 Å². The SMILES string of the molecule is C1=C2CCCC3=Cc4ccccc4OC23Oc2ccccc21. The summed E-state index contributed by atoms with van der Waals surface area (Å²) >= 11 is 0. The molecule has 5 rings (SSSR count). The Morgan fingerprint density at radius 3 is 1.73 bits per heavy atom. The van der Waals surface area contributed by atoms with Gasteiger partial charge in [-0.3, -0.25) is 0 Å². The highest BCUT2D eigenvalue weighted by Crippen LogP contribution is 2.50. The Morgan fingerprint density at radius 2 is 1.18 bits per heavy atom. The molecule has 2 heterocycles. The van der Waals surface area contributed by atoms with Gasteiger partial charge in [-0.1, -0.05) is 36.4 Å². The van der Waals surface area contributed by atoms with E-state index in [9.17, 15) is 0 Å². The molecule has 3 aliphatic rings. The maximum atomic E-state index is 6.43. The number of rotatable bonds is 0. The van der Waals surface area contributed by atoms with Crippen LogP contribution in [0.1, 0.15) is 30.4 Å². The largest absolute Gasteiger partial charge is 0.444 e. The normalized spacial score (nSPS) is 20.0. The van der Waals surface area contributed by atoms with Gasteiger partial charge in [0.15, 0.2) is 0 Å². The summed E-state index contributed by atoms with van der Waals surface area (Å²) < 4.78 is 12.9. The molecule has 0 amide bonds. The zero-order valence-corrected chi connectivity index (χ0v) is 12.2. The first-order valence-corrected chi connectivity index (χ1v) is 7.83. The molecule has 2 aromatic carbocycles. The molecule has 22 heavy (non-hydrogen) atoms. The van der Waals surface area contributed by atoms with Gasteiger partial charge in [-0.25, -0.2) is 0 Å². The molecule has 0 radical (unpaired) electrons. The molecule has 2 aromatic rings. The van der Waals surface area contributed by atoms with Crippen LogP contribution >= 0.6 is 0 Å². The van der Waals surface area contributed by atoms with E-state index in [1.165, 1.54) is 11.1 Å². The second-order valence-electron chi connectivity index (χ2n) is 6.09. The van der Waals surface area contributed by atoms with Gasteiger partial charge in [-0.15, -0.1) is 0 Å². The van der Waals surface area contributed by atoms with Crippen LogP contribution in [-0.4, -0.2) is 5.79 Å². The van der Waals surface area contributed by atoms with Crippen LogP contribution < -0.4 is 9.47 Å². The highest BCUT2D eigenvalue weighted by Gasteiger charge is 2.49. The number of fused-ring (bicyclic) bond motifs is 2. The van der Waals surface area contributed by atoms with E-state index in [2.05, 4.69) is 24.3 Å². The van der Waals surface area contributed by atoms with Crippen molar-refractivity contribution in [2.45, 2.75) is 25.0 Å². The van der Waals surface area contributed by atoms with Crippen molar-refractivity contribution in [2.24, 2.45) is 0 Å². The number of ether oxygens (including phenoxy) is 2. The highest BCUT2D eigenvalue weighted by molar-refractivity contribution is 5.72. The molecule has 0 aromatic heterocycles. The van der Waals surface area contributed by atoms with Crippen molar-refractivity contribution in [3.8, 4) is 11.5 Å². The molecule has 1 saturated carbocycles. The molecule has 1 spiro atoms. The topological polar surface area (TPSA) is 18.5 Å². The summed E-state index contributed by atoms with van der Waals surface area (Å²) in [7, 11) is 0. The maximum Gasteiger partial charge on any atom is 0.297 e. The Balaban J connectivity index is 1.72. The highest BCUT2D eigenvalue weighted by atomic mass is 16.7. The van der Waals surface area contributed by atoms with Gasteiger partial charge in [-0.2, -0.15) is 0 Å². The fraction of sp³-hybridized carbons (Fsp3) is 0.200. The fourth-order valence-corrected chi connectivity index (χ4v) is 3.69. The third kappa shape index (κ3) is 1.55. The lowest BCUT2D eigenvalue weighted by Crippen LogP contribution is -2.50. The molecular formula is C20H16O2. The second-order valence-corrected chi connectivity index (χ2v) is 6.09. The van der Waals surface area contributed by atoms with Crippen LogP contribution in [-0.2, 0) is 0 Å². The van der Waals surface area contributed by atoms with Gasteiger partial charge in [0, 0.05) is 22.3 Å². The number of benzene rings is 2. The third-order valence-electron chi connectivity index (χ3n) is 4.74. The van der Waals surface area contributed by atoms with Crippen LogP contribution in [0.25, 0.3) is 12.2 Å². The van der Waals surface area contributed by atoms with Gasteiger partial charge < -0.3 is 9.47 Å². The Bertz CT molecular complexity index is 760. The summed E-state index contributed by atoms with van der Waals surface area (Å²) in [6.45, 7) is 0. The zero-order valence-electron chi connectivity index (χ0n) is 12.2. The van der Waals surface area contributed by atoms with E-state index < -0.39 is 5.79 Å². The lowest BCUT2D eigenvalue weighted by Gasteiger charge is -2.45. The molecule has 2 nitrogen and oxygen atoms in total. The van der Waals surface area contributed by atoms with E-state index >= 15 is 0 Å². The lowest BCUT2D eigenvalue weighted by molar-refractivity contribution is -0.0619. The van der Waals surface area contributed by atoms with Crippen LogP contribution in [0.5, 0.6) is 11.5 Å². The smallest absolute Gasteiger partial charge is 0.297 e. The van der Waals surface area contributed by atoms with Gasteiger partial charge in [0.05, 0.1) is 0 Å². The number of hydrogen-bond donors (Lipinski definition) is 0. The maximum absolute atomic E-state index is 6.43. The van der Waals surface area contributed by atoms with Crippen molar-refractivity contribution < 1.29 is 9.47 Å². The van der Waals surface area contributed by atoms with Gasteiger partial charge in [0.2, 0.25) is 0 Å². The first-order chi connectivity index (χ1) is 10.9. The predicted octanol–water partition coefficient (Wildman–Crippen LogP) is 4.82.